The van der Waals surface area contributed by atoms with Gasteiger partial charge in [-0.15, -0.1) is 6.58 Å². The fourth-order valence-corrected chi connectivity index (χ4v) is 11.8. The van der Waals surface area contributed by atoms with Crippen LogP contribution in [0.5, 0.6) is 0 Å². The molecule has 1 N–H and O–H groups in total. The molecule has 4 nitrogen and oxygen atoms in total. The first-order valence-corrected chi connectivity index (χ1v) is 20.3. The molecule has 3 rings (SSSR count). The third-order valence-corrected chi connectivity index (χ3v) is 18.9. The van der Waals surface area contributed by atoms with Crippen LogP contribution in [-0.2, 0) is 13.6 Å². The molecule has 0 saturated carbocycles. The Bertz CT molecular complexity index is 1040. The summed E-state index contributed by atoms with van der Waals surface area (Å²) in [7, 11) is -4.69. The maximum atomic E-state index is 10.8. The van der Waals surface area contributed by atoms with Crippen LogP contribution in [-0.4, -0.2) is 52.8 Å². The zero-order valence-corrected chi connectivity index (χ0v) is 29.2. The predicted octanol–water partition coefficient (Wildman–Crippen LogP) is 7.46. The van der Waals surface area contributed by atoms with E-state index in [1.165, 1.54) is 10.4 Å². The molecule has 1 saturated heterocycles. The Hall–Kier alpha value is -1.55. The number of benzene rings is 2. The first-order chi connectivity index (χ1) is 19.1. The number of rotatable bonds is 13. The molecule has 2 aromatic carbocycles. The number of ether oxygens (including phenoxy) is 1. The summed E-state index contributed by atoms with van der Waals surface area (Å²) in [6, 6.07) is 21.6. The van der Waals surface area contributed by atoms with Crippen molar-refractivity contribution in [3.05, 3.63) is 73.3 Å². The van der Waals surface area contributed by atoms with Gasteiger partial charge in [-0.25, -0.2) is 0 Å². The Kier molecular flexibility index (Phi) is 11.5. The summed E-state index contributed by atoms with van der Waals surface area (Å²) in [5, 5.41) is 13.4. The van der Waals surface area contributed by atoms with Gasteiger partial charge in [-0.05, 0) is 58.7 Å². The number of aliphatic hydroxyl groups excluding tert-OH is 1. The average molecular weight is 597 g/mol. The third kappa shape index (κ3) is 8.09. The van der Waals surface area contributed by atoms with Crippen LogP contribution in [0.25, 0.3) is 0 Å². The van der Waals surface area contributed by atoms with Crippen LogP contribution in [0.2, 0.25) is 23.2 Å². The molecular weight excluding hydrogens is 541 g/mol. The van der Waals surface area contributed by atoms with Gasteiger partial charge in [0.1, 0.15) is 0 Å². The van der Waals surface area contributed by atoms with Crippen molar-refractivity contribution in [3.63, 3.8) is 0 Å². The van der Waals surface area contributed by atoms with E-state index < -0.39 is 16.6 Å². The zero-order chi connectivity index (χ0) is 30.5. The molecule has 1 aliphatic heterocycles. The Morgan fingerprint density at radius 1 is 0.951 bits per heavy atom. The fourth-order valence-electron chi connectivity index (χ4n) is 5.87. The molecule has 1 fully saturated rings. The van der Waals surface area contributed by atoms with E-state index in [0.717, 1.165) is 25.7 Å². The van der Waals surface area contributed by atoms with Gasteiger partial charge in [0, 0.05) is 6.42 Å². The molecule has 1 unspecified atom stereocenters. The molecular formula is C35H56O4Si2. The van der Waals surface area contributed by atoms with Crippen molar-refractivity contribution in [2.24, 2.45) is 5.92 Å². The van der Waals surface area contributed by atoms with Gasteiger partial charge in [0.2, 0.25) is 0 Å². The van der Waals surface area contributed by atoms with Crippen molar-refractivity contribution in [2.45, 2.75) is 122 Å². The van der Waals surface area contributed by atoms with Crippen LogP contribution in [0.15, 0.2) is 73.3 Å². The SMILES string of the molecule is C=CCCC(O)[C@@H](C)C[C@@H]1O[C@@H](CO[Si](c2ccccc2)(c2ccccc2)C(C)(C)C)C[C@@H]1O[Si](C)(C)C(C)(C)C. The summed E-state index contributed by atoms with van der Waals surface area (Å²) in [6.45, 7) is 24.9. The van der Waals surface area contributed by atoms with E-state index in [9.17, 15) is 5.11 Å². The molecule has 228 valence electrons. The number of aliphatic hydroxyl groups is 1. The number of allylic oxidation sites excluding steroid dienone is 1. The van der Waals surface area contributed by atoms with E-state index >= 15 is 0 Å². The molecule has 1 heterocycles. The van der Waals surface area contributed by atoms with Crippen LogP contribution in [0.1, 0.15) is 74.1 Å². The third-order valence-electron chi connectivity index (χ3n) is 9.36. The van der Waals surface area contributed by atoms with E-state index in [-0.39, 0.29) is 40.4 Å². The van der Waals surface area contributed by atoms with Gasteiger partial charge in [-0.3, -0.25) is 0 Å². The van der Waals surface area contributed by atoms with Gasteiger partial charge in [0.15, 0.2) is 8.32 Å². The van der Waals surface area contributed by atoms with Gasteiger partial charge in [-0.2, -0.15) is 0 Å². The summed E-state index contributed by atoms with van der Waals surface area (Å²) in [6.07, 6.45) is 4.50. The lowest BCUT2D eigenvalue weighted by Crippen LogP contribution is -2.67. The fraction of sp³-hybridized carbons (Fsp3) is 0.600. The maximum absolute atomic E-state index is 10.8. The van der Waals surface area contributed by atoms with E-state index in [0.29, 0.717) is 6.61 Å². The van der Waals surface area contributed by atoms with E-state index in [4.69, 9.17) is 13.6 Å². The van der Waals surface area contributed by atoms with Gasteiger partial charge in [-0.1, -0.05) is 115 Å². The minimum atomic E-state index is -2.66. The van der Waals surface area contributed by atoms with Crippen molar-refractivity contribution < 1.29 is 18.7 Å². The molecule has 5 atom stereocenters. The second kappa shape index (κ2) is 13.8. The number of hydrogen-bond donors (Lipinski definition) is 1. The topological polar surface area (TPSA) is 47.9 Å². The summed E-state index contributed by atoms with van der Waals surface area (Å²) >= 11 is 0. The van der Waals surface area contributed by atoms with Crippen molar-refractivity contribution in [2.75, 3.05) is 6.61 Å². The van der Waals surface area contributed by atoms with Gasteiger partial charge in [0.05, 0.1) is 31.0 Å². The molecule has 0 amide bonds. The lowest BCUT2D eigenvalue weighted by Gasteiger charge is -2.43. The van der Waals surface area contributed by atoms with E-state index in [1.54, 1.807) is 0 Å². The molecule has 0 radical (unpaired) electrons. The quantitative estimate of drug-likeness (QED) is 0.193. The van der Waals surface area contributed by atoms with E-state index in [1.807, 2.05) is 6.08 Å². The van der Waals surface area contributed by atoms with Crippen molar-refractivity contribution >= 4 is 27.0 Å². The molecule has 0 spiro atoms. The Balaban J connectivity index is 1.90. The summed E-state index contributed by atoms with van der Waals surface area (Å²) < 4.78 is 21.1. The van der Waals surface area contributed by atoms with Crippen molar-refractivity contribution in [1.82, 2.24) is 0 Å². The lowest BCUT2D eigenvalue weighted by molar-refractivity contribution is -0.0274. The summed E-state index contributed by atoms with van der Waals surface area (Å²) in [4.78, 5) is 0. The van der Waals surface area contributed by atoms with E-state index in [2.05, 4.69) is 129 Å². The second-order valence-corrected chi connectivity index (χ2v) is 23.6. The minimum Gasteiger partial charge on any atom is -0.411 e. The molecule has 41 heavy (non-hydrogen) atoms. The Morgan fingerprint density at radius 2 is 1.49 bits per heavy atom. The Labute approximate surface area is 252 Å². The standard InChI is InChI=1S/C35H56O4Si2/c1-11-12-23-31(36)27(2)24-32-33(39-40(9,10)34(3,4)5)25-28(38-32)26-37-41(35(6,7)8,29-19-15-13-16-20-29)30-21-17-14-18-22-30/h11,13-22,27-28,31-33,36H,1,12,23-26H2,2-10H3/t27-,28+,31?,32-,33-/m0/s1. The van der Waals surface area contributed by atoms with Crippen molar-refractivity contribution in [1.29, 1.82) is 0 Å². The van der Waals surface area contributed by atoms with Gasteiger partial charge < -0.3 is 18.7 Å². The molecule has 0 bridgehead atoms. The van der Waals surface area contributed by atoms with Crippen LogP contribution >= 0.6 is 0 Å². The molecule has 0 aliphatic carbocycles. The molecule has 6 heteroatoms. The highest BCUT2D eigenvalue weighted by Gasteiger charge is 2.51. The highest BCUT2D eigenvalue weighted by atomic mass is 28.4. The van der Waals surface area contributed by atoms with Crippen LogP contribution in [0.3, 0.4) is 0 Å². The molecule has 2 aromatic rings. The summed E-state index contributed by atoms with van der Waals surface area (Å²) in [5.74, 6) is 0.113. The minimum absolute atomic E-state index is 0.00213. The molecule has 1 aliphatic rings. The Morgan fingerprint density at radius 3 is 1.95 bits per heavy atom. The second-order valence-electron chi connectivity index (χ2n) is 14.6. The monoisotopic (exact) mass is 596 g/mol. The highest BCUT2D eigenvalue weighted by molar-refractivity contribution is 6.99. The lowest BCUT2D eigenvalue weighted by atomic mass is 9.92. The first kappa shape index (κ1) is 33.9. The highest BCUT2D eigenvalue weighted by Crippen LogP contribution is 2.42. The first-order valence-electron chi connectivity index (χ1n) is 15.5. The smallest absolute Gasteiger partial charge is 0.261 e. The molecule has 0 aromatic heterocycles. The van der Waals surface area contributed by atoms with Gasteiger partial charge >= 0.3 is 0 Å². The van der Waals surface area contributed by atoms with Crippen LogP contribution < -0.4 is 10.4 Å². The zero-order valence-electron chi connectivity index (χ0n) is 27.2. The number of hydrogen-bond acceptors (Lipinski definition) is 4. The predicted molar refractivity (Wildman–Crippen MR) is 178 cm³/mol. The summed E-state index contributed by atoms with van der Waals surface area (Å²) in [5.41, 5.74) is 0. The van der Waals surface area contributed by atoms with Crippen molar-refractivity contribution in [3.8, 4) is 0 Å². The average Bonchev–Trinajstić information content (AvgIpc) is 3.27. The van der Waals surface area contributed by atoms with Crippen LogP contribution in [0, 0.1) is 5.92 Å². The largest absolute Gasteiger partial charge is 0.411 e. The maximum Gasteiger partial charge on any atom is 0.261 e. The van der Waals surface area contributed by atoms with Gasteiger partial charge in [0.25, 0.3) is 8.32 Å². The van der Waals surface area contributed by atoms with Crippen LogP contribution in [0.4, 0.5) is 0 Å². The normalized spacial score (nSPS) is 22.0.